The number of nitrogens with two attached hydrogens (primary N) is 1. The highest BCUT2D eigenvalue weighted by atomic mass is 35.5. The fraction of sp³-hybridized carbons (Fsp3) is 0.323. The van der Waals surface area contributed by atoms with Crippen LogP contribution in [0.25, 0.3) is 16.9 Å². The molecule has 0 fully saturated rings. The first-order chi connectivity index (χ1) is 18.2. The van der Waals surface area contributed by atoms with Crippen molar-refractivity contribution >= 4 is 11.6 Å². The molecule has 37 heavy (non-hydrogen) atoms. The summed E-state index contributed by atoms with van der Waals surface area (Å²) in [7, 11) is 0. The minimum Gasteiger partial charge on any atom is -0.494 e. The Hall–Kier alpha value is -3.28. The molecule has 0 amide bonds. The Morgan fingerprint density at radius 2 is 1.57 bits per heavy atom. The Morgan fingerprint density at radius 1 is 0.838 bits per heavy atom. The summed E-state index contributed by atoms with van der Waals surface area (Å²) in [5.41, 5.74) is 9.84. The molecule has 0 saturated heterocycles. The van der Waals surface area contributed by atoms with Gasteiger partial charge >= 0.3 is 0 Å². The van der Waals surface area contributed by atoms with Gasteiger partial charge in [-0.3, -0.25) is 0 Å². The van der Waals surface area contributed by atoms with Crippen molar-refractivity contribution in [3.63, 3.8) is 0 Å². The van der Waals surface area contributed by atoms with E-state index < -0.39 is 0 Å². The first-order valence-electron chi connectivity index (χ1n) is 13.2. The molecule has 0 aliphatic rings. The second kappa shape index (κ2) is 13.9. The van der Waals surface area contributed by atoms with Crippen LogP contribution < -0.4 is 15.2 Å². The molecule has 4 aromatic rings. The molecule has 0 atom stereocenters. The van der Waals surface area contributed by atoms with Gasteiger partial charge in [-0.1, -0.05) is 37.1 Å². The lowest BCUT2D eigenvalue weighted by atomic mass is 10.1. The molecule has 1 aromatic heterocycles. The lowest BCUT2D eigenvalue weighted by molar-refractivity contribution is 0.308. The maximum absolute atomic E-state index is 6.07. The monoisotopic (exact) mass is 517 g/mol. The third kappa shape index (κ3) is 7.85. The molecule has 1 heterocycles. The first-order valence-corrected chi connectivity index (χ1v) is 13.5. The van der Waals surface area contributed by atoms with E-state index in [2.05, 4.69) is 48.0 Å². The van der Waals surface area contributed by atoms with Gasteiger partial charge in [-0.15, -0.1) is 0 Å². The van der Waals surface area contributed by atoms with Gasteiger partial charge in [0.1, 0.15) is 17.3 Å². The van der Waals surface area contributed by atoms with Gasteiger partial charge in [0.25, 0.3) is 0 Å². The number of nitrogens with zero attached hydrogens (tertiary/aromatic N) is 2. The molecule has 0 saturated carbocycles. The summed E-state index contributed by atoms with van der Waals surface area (Å²) in [6.07, 6.45) is 8.03. The summed E-state index contributed by atoms with van der Waals surface area (Å²) in [5, 5.41) is 0.752. The molecule has 0 unspecified atom stereocenters. The second-order valence-corrected chi connectivity index (χ2v) is 9.54. The summed E-state index contributed by atoms with van der Waals surface area (Å²) in [4.78, 5) is 4.99. The third-order valence-electron chi connectivity index (χ3n) is 6.21. The number of hydrogen-bond acceptors (Lipinski definition) is 4. The summed E-state index contributed by atoms with van der Waals surface area (Å²) in [6.45, 7) is 4.19. The van der Waals surface area contributed by atoms with Gasteiger partial charge in [0.05, 0.1) is 18.9 Å². The van der Waals surface area contributed by atoms with Gasteiger partial charge in [0.15, 0.2) is 0 Å². The van der Waals surface area contributed by atoms with E-state index in [9.17, 15) is 0 Å². The number of rotatable bonds is 14. The number of ether oxygens (including phenoxy) is 2. The van der Waals surface area contributed by atoms with E-state index in [1.165, 1.54) is 5.56 Å². The fourth-order valence-corrected chi connectivity index (χ4v) is 4.35. The molecule has 194 valence electrons. The highest BCUT2D eigenvalue weighted by molar-refractivity contribution is 6.30. The largest absolute Gasteiger partial charge is 0.494 e. The lowest BCUT2D eigenvalue weighted by Crippen LogP contribution is -2.04. The van der Waals surface area contributed by atoms with Crippen LogP contribution in [0.4, 0.5) is 0 Å². The predicted octanol–water partition coefficient (Wildman–Crippen LogP) is 7.27. The van der Waals surface area contributed by atoms with Gasteiger partial charge in [-0.2, -0.15) is 0 Å². The zero-order valence-corrected chi connectivity index (χ0v) is 22.3. The van der Waals surface area contributed by atoms with Gasteiger partial charge in [-0.05, 0) is 92.0 Å². The highest BCUT2D eigenvalue weighted by Crippen LogP contribution is 2.26. The number of aryl methyl sites for hydroxylation is 1. The Morgan fingerprint density at radius 3 is 2.27 bits per heavy atom. The van der Waals surface area contributed by atoms with Crippen molar-refractivity contribution in [2.75, 3.05) is 19.8 Å². The quantitative estimate of drug-likeness (QED) is 0.179. The number of benzene rings is 3. The highest BCUT2D eigenvalue weighted by Gasteiger charge is 2.12. The van der Waals surface area contributed by atoms with E-state index in [0.29, 0.717) is 19.8 Å². The molecule has 2 N–H and O–H groups in total. The first kappa shape index (κ1) is 26.8. The lowest BCUT2D eigenvalue weighted by Gasteiger charge is -2.10. The third-order valence-corrected chi connectivity index (χ3v) is 6.45. The van der Waals surface area contributed by atoms with Crippen LogP contribution in [0.1, 0.15) is 44.0 Å². The van der Waals surface area contributed by atoms with Crippen LogP contribution in [0.15, 0.2) is 79.0 Å². The van der Waals surface area contributed by atoms with Crippen molar-refractivity contribution in [3.05, 3.63) is 95.4 Å². The van der Waals surface area contributed by atoms with E-state index in [0.717, 1.165) is 77.8 Å². The average molecular weight is 518 g/mol. The molecule has 6 heteroatoms. The predicted molar refractivity (Wildman–Crippen MR) is 152 cm³/mol. The van der Waals surface area contributed by atoms with Crippen molar-refractivity contribution in [1.82, 2.24) is 9.55 Å². The summed E-state index contributed by atoms with van der Waals surface area (Å²) in [5.74, 6) is 2.79. The maximum atomic E-state index is 6.07. The Labute approximate surface area is 225 Å². The zero-order chi connectivity index (χ0) is 25.9. The van der Waals surface area contributed by atoms with Gasteiger partial charge in [0.2, 0.25) is 0 Å². The maximum Gasteiger partial charge on any atom is 0.119 e. The van der Waals surface area contributed by atoms with Crippen LogP contribution >= 0.6 is 11.6 Å². The SMILES string of the molecule is CCCCc1nc(-c2ccc(OCCc3cccc(Cl)c3)cc2)cn1-c1ccc(OCCCCN)cc1. The molecule has 0 bridgehead atoms. The van der Waals surface area contributed by atoms with E-state index in [-0.39, 0.29) is 0 Å². The van der Waals surface area contributed by atoms with Gasteiger partial charge < -0.3 is 19.8 Å². The molecule has 0 aliphatic heterocycles. The van der Waals surface area contributed by atoms with Crippen molar-refractivity contribution in [2.24, 2.45) is 5.73 Å². The summed E-state index contributed by atoms with van der Waals surface area (Å²) >= 11 is 6.07. The number of unbranched alkanes of at least 4 members (excludes halogenated alkanes) is 2. The summed E-state index contributed by atoms with van der Waals surface area (Å²) in [6, 6.07) is 24.3. The van der Waals surface area contributed by atoms with Crippen LogP contribution in [-0.4, -0.2) is 29.3 Å². The normalized spacial score (nSPS) is 11.0. The number of aromatic nitrogens is 2. The van der Waals surface area contributed by atoms with Crippen molar-refractivity contribution < 1.29 is 9.47 Å². The van der Waals surface area contributed by atoms with E-state index >= 15 is 0 Å². The Bertz CT molecular complexity index is 1240. The molecule has 0 spiro atoms. The number of imidazole rings is 1. The molecular formula is C31H36ClN3O2. The van der Waals surface area contributed by atoms with Crippen LogP contribution in [-0.2, 0) is 12.8 Å². The average Bonchev–Trinajstić information content (AvgIpc) is 3.35. The molecular weight excluding hydrogens is 482 g/mol. The van der Waals surface area contributed by atoms with Gasteiger partial charge in [0, 0.05) is 35.3 Å². The summed E-state index contributed by atoms with van der Waals surface area (Å²) < 4.78 is 14.0. The second-order valence-electron chi connectivity index (χ2n) is 9.11. The fourth-order valence-electron chi connectivity index (χ4n) is 4.13. The standard InChI is InChI=1S/C31H36ClN3O2/c1-2-3-9-31-34-30(23-35(31)27-12-16-29(17-13-27)36-20-5-4-19-33)25-10-14-28(15-11-25)37-21-18-24-7-6-8-26(32)22-24/h6-8,10-17,22-23H,2-5,9,18-21,33H2,1H3. The molecule has 3 aromatic carbocycles. The minimum atomic E-state index is 0.599. The minimum absolute atomic E-state index is 0.599. The number of halogens is 1. The molecule has 0 aliphatic carbocycles. The van der Waals surface area contributed by atoms with Gasteiger partial charge in [-0.25, -0.2) is 4.98 Å². The van der Waals surface area contributed by atoms with Crippen molar-refractivity contribution in [3.8, 4) is 28.4 Å². The Kier molecular flexibility index (Phi) is 10.0. The van der Waals surface area contributed by atoms with E-state index in [1.54, 1.807) is 0 Å². The number of hydrogen-bond donors (Lipinski definition) is 1. The van der Waals surface area contributed by atoms with E-state index in [4.69, 9.17) is 31.8 Å². The van der Waals surface area contributed by atoms with Crippen LogP contribution in [0.2, 0.25) is 5.02 Å². The topological polar surface area (TPSA) is 62.3 Å². The Balaban J connectivity index is 1.43. The van der Waals surface area contributed by atoms with Crippen LogP contribution in [0.5, 0.6) is 11.5 Å². The van der Waals surface area contributed by atoms with Crippen molar-refractivity contribution in [2.45, 2.75) is 45.4 Å². The zero-order valence-electron chi connectivity index (χ0n) is 21.5. The smallest absolute Gasteiger partial charge is 0.119 e. The van der Waals surface area contributed by atoms with Crippen LogP contribution in [0.3, 0.4) is 0 Å². The van der Waals surface area contributed by atoms with E-state index in [1.807, 2.05) is 42.5 Å². The van der Waals surface area contributed by atoms with Crippen LogP contribution in [0, 0.1) is 0 Å². The molecule has 0 radical (unpaired) electrons. The molecule has 5 nitrogen and oxygen atoms in total. The molecule has 4 rings (SSSR count). The van der Waals surface area contributed by atoms with Crippen molar-refractivity contribution in [1.29, 1.82) is 0 Å².